The largest absolute Gasteiger partial charge is 0.0616 e. The second-order valence-corrected chi connectivity index (χ2v) is 14.8. The van der Waals surface area contributed by atoms with Gasteiger partial charge in [0.15, 0.2) is 0 Å². The number of rotatable bonds is 5. The highest BCUT2D eigenvalue weighted by Crippen LogP contribution is 2.46. The van der Waals surface area contributed by atoms with E-state index in [4.69, 9.17) is 0 Å². The Morgan fingerprint density at radius 2 is 0.518 bits per heavy atom. The summed E-state index contributed by atoms with van der Waals surface area (Å²) in [4.78, 5) is 0. The molecule has 0 unspecified atom stereocenters. The van der Waals surface area contributed by atoms with E-state index in [2.05, 4.69) is 218 Å². The van der Waals surface area contributed by atoms with Gasteiger partial charge in [-0.25, -0.2) is 0 Å². The molecule has 11 aromatic rings. The lowest BCUT2D eigenvalue weighted by molar-refractivity contribution is 1.61. The van der Waals surface area contributed by atoms with E-state index in [-0.39, 0.29) is 0 Å². The lowest BCUT2D eigenvalue weighted by Crippen LogP contribution is -1.92. The normalized spacial score (nSPS) is 11.6. The summed E-state index contributed by atoms with van der Waals surface area (Å²) in [6.07, 6.45) is 0. The molecule has 0 amide bonds. The maximum atomic E-state index is 2.41. The Balaban J connectivity index is 1.13. The lowest BCUT2D eigenvalue weighted by Gasteiger charge is -2.19. The van der Waals surface area contributed by atoms with Gasteiger partial charge in [0.05, 0.1) is 0 Å². The minimum atomic E-state index is 1.20. The summed E-state index contributed by atoms with van der Waals surface area (Å²) in [5.41, 5.74) is 12.4. The van der Waals surface area contributed by atoms with E-state index in [0.29, 0.717) is 0 Å². The van der Waals surface area contributed by atoms with Crippen molar-refractivity contribution in [2.45, 2.75) is 0 Å². The molecule has 0 aliphatic rings. The summed E-state index contributed by atoms with van der Waals surface area (Å²) in [5.74, 6) is 0. The third kappa shape index (κ3) is 5.30. The highest BCUT2D eigenvalue weighted by Gasteiger charge is 2.19. The molecule has 0 bridgehead atoms. The lowest BCUT2D eigenvalue weighted by atomic mass is 9.84. The standard InChI is InChI=1S/C56H36/c1-2-18-40-36-54(48-32-14-20-38-16-4-6-26-46(38)48)53(35-39(40)17-1)42-22-12-24-44(34-42)56-51-29-9-7-27-49(51)55(50-28-8-10-30-52(50)56)43-23-11-21-41(33-43)47-31-13-19-37-15-3-5-25-45(37)47/h1-36H. The van der Waals surface area contributed by atoms with Gasteiger partial charge in [-0.15, -0.1) is 0 Å². The van der Waals surface area contributed by atoms with Gasteiger partial charge >= 0.3 is 0 Å². The number of fused-ring (bicyclic) bond motifs is 5. The average molecular weight is 709 g/mol. The zero-order valence-corrected chi connectivity index (χ0v) is 30.8. The molecule has 0 saturated carbocycles. The van der Waals surface area contributed by atoms with Crippen LogP contribution in [0.5, 0.6) is 0 Å². The fourth-order valence-electron chi connectivity index (χ4n) is 9.07. The van der Waals surface area contributed by atoms with Crippen molar-refractivity contribution in [2.75, 3.05) is 0 Å². The van der Waals surface area contributed by atoms with Crippen molar-refractivity contribution in [2.24, 2.45) is 0 Å². The van der Waals surface area contributed by atoms with Gasteiger partial charge in [-0.2, -0.15) is 0 Å². The van der Waals surface area contributed by atoms with E-state index in [1.807, 2.05) is 0 Å². The van der Waals surface area contributed by atoms with Gasteiger partial charge in [-0.1, -0.05) is 194 Å². The van der Waals surface area contributed by atoms with E-state index in [9.17, 15) is 0 Å². The smallest absolute Gasteiger partial charge is 0.00262 e. The Hall–Kier alpha value is -7.28. The summed E-state index contributed by atoms with van der Waals surface area (Å²) in [7, 11) is 0. The summed E-state index contributed by atoms with van der Waals surface area (Å²) < 4.78 is 0. The average Bonchev–Trinajstić information content (AvgIpc) is 3.27. The first-order chi connectivity index (χ1) is 27.8. The summed E-state index contributed by atoms with van der Waals surface area (Å²) in [6.45, 7) is 0. The molecule has 0 fully saturated rings. The van der Waals surface area contributed by atoms with Gasteiger partial charge in [0.25, 0.3) is 0 Å². The molecule has 0 aliphatic heterocycles. The van der Waals surface area contributed by atoms with Crippen LogP contribution in [0.1, 0.15) is 0 Å². The molecule has 0 N–H and O–H groups in total. The molecule has 0 saturated heterocycles. The van der Waals surface area contributed by atoms with Crippen LogP contribution >= 0.6 is 0 Å². The highest BCUT2D eigenvalue weighted by molar-refractivity contribution is 6.22. The Bertz CT molecular complexity index is 3240. The number of benzene rings is 11. The van der Waals surface area contributed by atoms with Crippen LogP contribution in [-0.2, 0) is 0 Å². The maximum Gasteiger partial charge on any atom is -0.00262 e. The summed E-state index contributed by atoms with van der Waals surface area (Å²) in [5, 5.41) is 12.5. The van der Waals surface area contributed by atoms with Gasteiger partial charge in [-0.3, -0.25) is 0 Å². The zero-order chi connectivity index (χ0) is 37.0. The molecule has 0 spiro atoms. The van der Waals surface area contributed by atoms with Crippen LogP contribution in [0.15, 0.2) is 218 Å². The van der Waals surface area contributed by atoms with Crippen LogP contribution in [0.4, 0.5) is 0 Å². The van der Waals surface area contributed by atoms with Crippen LogP contribution in [0, 0.1) is 0 Å². The predicted octanol–water partition coefficient (Wildman–Crippen LogP) is 15.8. The molecule has 260 valence electrons. The van der Waals surface area contributed by atoms with Crippen LogP contribution < -0.4 is 0 Å². The van der Waals surface area contributed by atoms with E-state index >= 15 is 0 Å². The van der Waals surface area contributed by atoms with E-state index in [1.54, 1.807) is 0 Å². The first kappa shape index (κ1) is 32.2. The molecule has 11 rings (SSSR count). The zero-order valence-electron chi connectivity index (χ0n) is 30.8. The van der Waals surface area contributed by atoms with Crippen molar-refractivity contribution in [1.29, 1.82) is 0 Å². The Labute approximate surface area is 326 Å². The van der Waals surface area contributed by atoms with E-state index in [0.717, 1.165) is 0 Å². The Morgan fingerprint density at radius 3 is 1.04 bits per heavy atom. The summed E-state index contributed by atoms with van der Waals surface area (Å²) in [6, 6.07) is 80.4. The van der Waals surface area contributed by atoms with Gasteiger partial charge in [0.1, 0.15) is 0 Å². The number of hydrogen-bond donors (Lipinski definition) is 0. The minimum Gasteiger partial charge on any atom is -0.0616 e. The molecule has 0 aliphatic carbocycles. The molecule has 0 aromatic heterocycles. The van der Waals surface area contributed by atoms with E-state index in [1.165, 1.54) is 109 Å². The van der Waals surface area contributed by atoms with Gasteiger partial charge < -0.3 is 0 Å². The first-order valence-electron chi connectivity index (χ1n) is 19.4. The van der Waals surface area contributed by atoms with Crippen molar-refractivity contribution in [1.82, 2.24) is 0 Å². The molecule has 56 heavy (non-hydrogen) atoms. The van der Waals surface area contributed by atoms with Crippen LogP contribution in [0.3, 0.4) is 0 Å². The van der Waals surface area contributed by atoms with Crippen LogP contribution in [0.2, 0.25) is 0 Å². The SMILES string of the molecule is c1cc(-c2cc3ccccc3cc2-c2cccc3ccccc23)cc(-c2c3ccccc3c(-c3cccc(-c4cccc5ccccc45)c3)c3ccccc23)c1. The monoisotopic (exact) mass is 708 g/mol. The Kier molecular flexibility index (Phi) is 7.60. The third-order valence-electron chi connectivity index (χ3n) is 11.6. The molecule has 0 nitrogen and oxygen atoms in total. The fourth-order valence-corrected chi connectivity index (χ4v) is 9.07. The van der Waals surface area contributed by atoms with Gasteiger partial charge in [-0.05, 0) is 134 Å². The quantitative estimate of drug-likeness (QED) is 0.156. The minimum absolute atomic E-state index is 1.20. The van der Waals surface area contributed by atoms with Gasteiger partial charge in [0.2, 0.25) is 0 Å². The van der Waals surface area contributed by atoms with Crippen molar-refractivity contribution >= 4 is 53.9 Å². The number of hydrogen-bond acceptors (Lipinski definition) is 0. The molecule has 0 radical (unpaired) electrons. The van der Waals surface area contributed by atoms with Crippen molar-refractivity contribution < 1.29 is 0 Å². The molecule has 11 aromatic carbocycles. The second kappa shape index (κ2) is 13.2. The van der Waals surface area contributed by atoms with E-state index < -0.39 is 0 Å². The third-order valence-corrected chi connectivity index (χ3v) is 11.6. The van der Waals surface area contributed by atoms with Crippen LogP contribution in [-0.4, -0.2) is 0 Å². The predicted molar refractivity (Wildman–Crippen MR) is 241 cm³/mol. The molecule has 0 heterocycles. The van der Waals surface area contributed by atoms with Crippen LogP contribution in [0.25, 0.3) is 109 Å². The fraction of sp³-hybridized carbons (Fsp3) is 0. The second-order valence-electron chi connectivity index (χ2n) is 14.8. The van der Waals surface area contributed by atoms with Crippen molar-refractivity contribution in [3.05, 3.63) is 218 Å². The molecular formula is C56H36. The van der Waals surface area contributed by atoms with Crippen molar-refractivity contribution in [3.8, 4) is 55.6 Å². The topological polar surface area (TPSA) is 0 Å². The first-order valence-corrected chi connectivity index (χ1v) is 19.4. The highest BCUT2D eigenvalue weighted by atomic mass is 14.2. The molecule has 0 heteroatoms. The molecular weight excluding hydrogens is 673 g/mol. The van der Waals surface area contributed by atoms with Gasteiger partial charge in [0, 0.05) is 0 Å². The summed E-state index contributed by atoms with van der Waals surface area (Å²) >= 11 is 0. The Morgan fingerprint density at radius 1 is 0.179 bits per heavy atom. The molecule has 0 atom stereocenters. The maximum absolute atomic E-state index is 2.41. The van der Waals surface area contributed by atoms with Crippen molar-refractivity contribution in [3.63, 3.8) is 0 Å².